The van der Waals surface area contributed by atoms with Crippen molar-refractivity contribution in [3.63, 3.8) is 0 Å². The number of amides is 1. The lowest BCUT2D eigenvalue weighted by molar-refractivity contribution is 0.0951. The molecule has 1 N–H and O–H groups in total. The number of piperazine rings is 1. The third-order valence-corrected chi connectivity index (χ3v) is 4.86. The van der Waals surface area contributed by atoms with Crippen molar-refractivity contribution in [1.29, 1.82) is 0 Å². The van der Waals surface area contributed by atoms with Gasteiger partial charge in [0.05, 0.1) is 6.61 Å². The average Bonchev–Trinajstić information content (AvgIpc) is 2.73. The molecule has 5 heteroatoms. The fourth-order valence-corrected chi connectivity index (χ4v) is 3.34. The first-order chi connectivity index (χ1) is 13.3. The summed E-state index contributed by atoms with van der Waals surface area (Å²) in [4.78, 5) is 17.1. The monoisotopic (exact) mass is 367 g/mol. The molecule has 1 aliphatic rings. The number of anilines is 1. The van der Waals surface area contributed by atoms with Crippen LogP contribution in [0, 0.1) is 0 Å². The first-order valence-electron chi connectivity index (χ1n) is 9.79. The number of carbonyl (C=O) groups excluding carboxylic acids is 1. The third-order valence-electron chi connectivity index (χ3n) is 4.86. The molecule has 2 aromatic rings. The molecular weight excluding hydrogens is 338 g/mol. The van der Waals surface area contributed by atoms with Crippen LogP contribution in [0.4, 0.5) is 5.69 Å². The number of nitrogens with one attached hydrogen (secondary N) is 1. The lowest BCUT2D eigenvalue weighted by Crippen LogP contribution is -2.47. The van der Waals surface area contributed by atoms with Gasteiger partial charge in [-0.1, -0.05) is 18.2 Å². The van der Waals surface area contributed by atoms with E-state index in [1.165, 1.54) is 5.69 Å². The fraction of sp³-hybridized carbons (Fsp3) is 0.409. The van der Waals surface area contributed by atoms with Gasteiger partial charge in [-0.3, -0.25) is 9.69 Å². The molecule has 5 nitrogen and oxygen atoms in total. The molecule has 0 radical (unpaired) electrons. The maximum absolute atomic E-state index is 12.2. The molecule has 1 amide bonds. The molecule has 0 aromatic heterocycles. The van der Waals surface area contributed by atoms with Gasteiger partial charge >= 0.3 is 0 Å². The van der Waals surface area contributed by atoms with Gasteiger partial charge in [-0.15, -0.1) is 0 Å². The molecule has 0 unspecified atom stereocenters. The van der Waals surface area contributed by atoms with Crippen LogP contribution in [-0.2, 0) is 0 Å². The van der Waals surface area contributed by atoms with E-state index >= 15 is 0 Å². The Balaban J connectivity index is 1.33. The molecule has 1 heterocycles. The molecule has 1 aliphatic heterocycles. The summed E-state index contributed by atoms with van der Waals surface area (Å²) >= 11 is 0. The highest BCUT2D eigenvalue weighted by atomic mass is 16.5. The van der Waals surface area contributed by atoms with Crippen molar-refractivity contribution >= 4 is 11.6 Å². The number of hydrogen-bond acceptors (Lipinski definition) is 4. The summed E-state index contributed by atoms with van der Waals surface area (Å²) in [7, 11) is 0. The molecule has 1 fully saturated rings. The summed E-state index contributed by atoms with van der Waals surface area (Å²) < 4.78 is 5.40. The van der Waals surface area contributed by atoms with Gasteiger partial charge in [-0.05, 0) is 56.3 Å². The van der Waals surface area contributed by atoms with Crippen LogP contribution in [0.5, 0.6) is 5.75 Å². The SMILES string of the molecule is CCOc1ccc(C(=O)NCCCN2CCN(c3ccccc3)CC2)cc1. The van der Waals surface area contributed by atoms with Crippen LogP contribution in [0.3, 0.4) is 0 Å². The number of para-hydroxylation sites is 1. The highest BCUT2D eigenvalue weighted by Gasteiger charge is 2.16. The van der Waals surface area contributed by atoms with Crippen molar-refractivity contribution in [1.82, 2.24) is 10.2 Å². The average molecular weight is 367 g/mol. The molecule has 0 saturated carbocycles. The lowest BCUT2D eigenvalue weighted by Gasteiger charge is -2.36. The van der Waals surface area contributed by atoms with Gasteiger partial charge in [0.1, 0.15) is 5.75 Å². The normalized spacial score (nSPS) is 14.8. The van der Waals surface area contributed by atoms with Crippen molar-refractivity contribution in [2.45, 2.75) is 13.3 Å². The summed E-state index contributed by atoms with van der Waals surface area (Å²) in [5.41, 5.74) is 1.98. The van der Waals surface area contributed by atoms with Gasteiger partial charge in [0.2, 0.25) is 0 Å². The van der Waals surface area contributed by atoms with Gasteiger partial charge < -0.3 is 15.0 Å². The van der Waals surface area contributed by atoms with Gasteiger partial charge in [-0.2, -0.15) is 0 Å². The Labute approximate surface area is 161 Å². The Kier molecular flexibility index (Phi) is 7.11. The van der Waals surface area contributed by atoms with Gasteiger partial charge in [0.15, 0.2) is 0 Å². The van der Waals surface area contributed by atoms with Crippen LogP contribution in [0.15, 0.2) is 54.6 Å². The minimum Gasteiger partial charge on any atom is -0.494 e. The summed E-state index contributed by atoms with van der Waals surface area (Å²) in [5.74, 6) is 0.774. The zero-order chi connectivity index (χ0) is 18.9. The maximum Gasteiger partial charge on any atom is 0.251 e. The summed E-state index contributed by atoms with van der Waals surface area (Å²) in [6.07, 6.45) is 0.966. The molecule has 2 aromatic carbocycles. The van der Waals surface area contributed by atoms with Crippen LogP contribution >= 0.6 is 0 Å². The Morgan fingerprint density at radius 1 is 1.00 bits per heavy atom. The predicted molar refractivity (Wildman–Crippen MR) is 110 cm³/mol. The van der Waals surface area contributed by atoms with Gasteiger partial charge in [-0.25, -0.2) is 0 Å². The summed E-state index contributed by atoms with van der Waals surface area (Å²) in [5, 5.41) is 3.01. The molecule has 27 heavy (non-hydrogen) atoms. The van der Waals surface area contributed by atoms with E-state index in [9.17, 15) is 4.79 Å². The van der Waals surface area contributed by atoms with E-state index in [4.69, 9.17) is 4.74 Å². The standard InChI is InChI=1S/C22H29N3O2/c1-2-27-21-11-9-19(10-12-21)22(26)23-13-6-14-24-15-17-25(18-16-24)20-7-4-3-5-8-20/h3-5,7-12H,2,6,13-18H2,1H3,(H,23,26). The van der Waals surface area contributed by atoms with Crippen LogP contribution in [0.25, 0.3) is 0 Å². The first kappa shape index (κ1) is 19.2. The van der Waals surface area contributed by atoms with Crippen LogP contribution in [0.2, 0.25) is 0 Å². The number of benzene rings is 2. The smallest absolute Gasteiger partial charge is 0.251 e. The highest BCUT2D eigenvalue weighted by molar-refractivity contribution is 5.94. The van der Waals surface area contributed by atoms with Crippen molar-refractivity contribution < 1.29 is 9.53 Å². The molecule has 1 saturated heterocycles. The minimum atomic E-state index is -0.0213. The Hall–Kier alpha value is -2.53. The van der Waals surface area contributed by atoms with E-state index in [0.717, 1.165) is 44.9 Å². The van der Waals surface area contributed by atoms with E-state index < -0.39 is 0 Å². The second kappa shape index (κ2) is 9.97. The Bertz CT molecular complexity index is 695. The van der Waals surface area contributed by atoms with E-state index in [0.29, 0.717) is 18.7 Å². The number of carbonyl (C=O) groups is 1. The van der Waals surface area contributed by atoms with Crippen LogP contribution in [0.1, 0.15) is 23.7 Å². The molecule has 0 spiro atoms. The van der Waals surface area contributed by atoms with E-state index in [1.54, 1.807) is 0 Å². The number of rotatable bonds is 8. The highest BCUT2D eigenvalue weighted by Crippen LogP contribution is 2.15. The number of hydrogen-bond donors (Lipinski definition) is 1. The van der Waals surface area contributed by atoms with E-state index in [-0.39, 0.29) is 5.91 Å². The molecule has 0 bridgehead atoms. The molecular formula is C22H29N3O2. The molecule has 0 atom stereocenters. The van der Waals surface area contributed by atoms with Crippen molar-refractivity contribution in [3.05, 3.63) is 60.2 Å². The predicted octanol–water partition coefficient (Wildman–Crippen LogP) is 3.03. The number of ether oxygens (including phenoxy) is 1. The van der Waals surface area contributed by atoms with E-state index in [1.807, 2.05) is 31.2 Å². The zero-order valence-corrected chi connectivity index (χ0v) is 16.1. The first-order valence-corrected chi connectivity index (χ1v) is 9.79. The molecule has 0 aliphatic carbocycles. The second-order valence-corrected chi connectivity index (χ2v) is 6.73. The summed E-state index contributed by atoms with van der Waals surface area (Å²) in [6.45, 7) is 8.55. The molecule has 144 valence electrons. The summed E-state index contributed by atoms with van der Waals surface area (Å²) in [6, 6.07) is 17.9. The Morgan fingerprint density at radius 2 is 1.70 bits per heavy atom. The largest absolute Gasteiger partial charge is 0.494 e. The molecule has 3 rings (SSSR count). The third kappa shape index (κ3) is 5.73. The zero-order valence-electron chi connectivity index (χ0n) is 16.1. The van der Waals surface area contributed by atoms with Crippen LogP contribution < -0.4 is 15.0 Å². The van der Waals surface area contributed by atoms with Crippen molar-refractivity contribution in [3.8, 4) is 5.75 Å². The number of nitrogens with zero attached hydrogens (tertiary/aromatic N) is 2. The topological polar surface area (TPSA) is 44.8 Å². The second-order valence-electron chi connectivity index (χ2n) is 6.73. The van der Waals surface area contributed by atoms with Gasteiger partial charge in [0, 0.05) is 44.0 Å². The van der Waals surface area contributed by atoms with Gasteiger partial charge in [0.25, 0.3) is 5.91 Å². The van der Waals surface area contributed by atoms with Crippen molar-refractivity contribution in [2.75, 3.05) is 50.8 Å². The lowest BCUT2D eigenvalue weighted by atomic mass is 10.2. The quantitative estimate of drug-likeness (QED) is 0.729. The van der Waals surface area contributed by atoms with E-state index in [2.05, 4.69) is 45.4 Å². The minimum absolute atomic E-state index is 0.0213. The fourth-order valence-electron chi connectivity index (χ4n) is 3.34. The van der Waals surface area contributed by atoms with Crippen LogP contribution in [-0.4, -0.2) is 56.7 Å². The van der Waals surface area contributed by atoms with Crippen molar-refractivity contribution in [2.24, 2.45) is 0 Å². The maximum atomic E-state index is 12.2. The Morgan fingerprint density at radius 3 is 2.37 bits per heavy atom.